The number of alkyl carbamates (subject to hydrolysis) is 1. The molecule has 210 valence electrons. The Bertz CT molecular complexity index is 1130. The molecule has 9 heteroatoms. The van der Waals surface area contributed by atoms with Crippen LogP contribution in [0.5, 0.6) is 5.75 Å². The molecule has 0 fully saturated rings. The number of carbonyl (C=O) groups is 3. The van der Waals surface area contributed by atoms with Gasteiger partial charge in [-0.2, -0.15) is 5.26 Å². The second-order valence-corrected chi connectivity index (χ2v) is 10.3. The fraction of sp³-hybridized carbons (Fsp3) is 0.467. The fourth-order valence-corrected chi connectivity index (χ4v) is 3.98. The van der Waals surface area contributed by atoms with Gasteiger partial charge in [-0.3, -0.25) is 9.59 Å². The lowest BCUT2D eigenvalue weighted by Gasteiger charge is -2.33. The summed E-state index contributed by atoms with van der Waals surface area (Å²) in [5.41, 5.74) is 1.49. The van der Waals surface area contributed by atoms with Gasteiger partial charge < -0.3 is 25.4 Å². The lowest BCUT2D eigenvalue weighted by molar-refractivity contribution is -0.141. The van der Waals surface area contributed by atoms with Crippen LogP contribution < -0.4 is 10.6 Å². The molecule has 2 unspecified atom stereocenters. The number of unbranched alkanes of at least 4 members (excludes halogenated alkanes) is 1. The summed E-state index contributed by atoms with van der Waals surface area (Å²) in [4.78, 5) is 41.4. The number of benzene rings is 2. The number of nitrogens with one attached hydrogen (secondary N) is 2. The SMILES string of the molecule is CCCCNC(=O)C(c1ccc(CC)cc1)N(CC#N)C(=O)C(Cc1ccc(O)cc1)NC(=O)OC(C)(C)C. The molecule has 2 aromatic rings. The highest BCUT2D eigenvalue weighted by molar-refractivity contribution is 5.92. The van der Waals surface area contributed by atoms with Gasteiger partial charge in [0.25, 0.3) is 0 Å². The number of phenolic OH excluding ortho intramolecular Hbond substituents is 1. The van der Waals surface area contributed by atoms with E-state index in [1.165, 1.54) is 17.0 Å². The second-order valence-electron chi connectivity index (χ2n) is 10.3. The number of hydrogen-bond donors (Lipinski definition) is 3. The zero-order valence-electron chi connectivity index (χ0n) is 23.5. The third kappa shape index (κ3) is 9.97. The molecule has 0 saturated heterocycles. The van der Waals surface area contributed by atoms with Crippen LogP contribution in [0.2, 0.25) is 0 Å². The lowest BCUT2D eigenvalue weighted by atomic mass is 9.99. The maximum Gasteiger partial charge on any atom is 0.408 e. The largest absolute Gasteiger partial charge is 0.508 e. The maximum atomic E-state index is 14.1. The lowest BCUT2D eigenvalue weighted by Crippen LogP contribution is -2.54. The van der Waals surface area contributed by atoms with Gasteiger partial charge in [0, 0.05) is 13.0 Å². The van der Waals surface area contributed by atoms with Gasteiger partial charge in [0.15, 0.2) is 0 Å². The molecule has 3 N–H and O–H groups in total. The number of amides is 3. The first-order valence-electron chi connectivity index (χ1n) is 13.3. The van der Waals surface area contributed by atoms with Crippen molar-refractivity contribution >= 4 is 17.9 Å². The summed E-state index contributed by atoms with van der Waals surface area (Å²) in [5, 5.41) is 24.9. The van der Waals surface area contributed by atoms with Crippen molar-refractivity contribution < 1.29 is 24.2 Å². The van der Waals surface area contributed by atoms with Crippen molar-refractivity contribution in [2.24, 2.45) is 0 Å². The van der Waals surface area contributed by atoms with E-state index in [0.29, 0.717) is 17.7 Å². The van der Waals surface area contributed by atoms with E-state index in [4.69, 9.17) is 4.74 Å². The smallest absolute Gasteiger partial charge is 0.408 e. The Morgan fingerprint density at radius 1 is 1.03 bits per heavy atom. The van der Waals surface area contributed by atoms with Gasteiger partial charge in [0.2, 0.25) is 11.8 Å². The molecular weight excluding hydrogens is 496 g/mol. The molecule has 39 heavy (non-hydrogen) atoms. The van der Waals surface area contributed by atoms with Gasteiger partial charge in [-0.1, -0.05) is 56.7 Å². The molecule has 0 aromatic heterocycles. The topological polar surface area (TPSA) is 132 Å². The average Bonchev–Trinajstić information content (AvgIpc) is 2.88. The van der Waals surface area contributed by atoms with Crippen molar-refractivity contribution in [1.82, 2.24) is 15.5 Å². The molecule has 0 bridgehead atoms. The predicted molar refractivity (Wildman–Crippen MR) is 149 cm³/mol. The van der Waals surface area contributed by atoms with E-state index in [0.717, 1.165) is 24.8 Å². The van der Waals surface area contributed by atoms with Crippen molar-refractivity contribution in [3.8, 4) is 11.8 Å². The Labute approximate surface area is 231 Å². The van der Waals surface area contributed by atoms with Gasteiger partial charge in [-0.15, -0.1) is 0 Å². The van der Waals surface area contributed by atoms with Gasteiger partial charge in [-0.25, -0.2) is 4.79 Å². The number of ether oxygens (including phenoxy) is 1. The number of hydrogen-bond acceptors (Lipinski definition) is 6. The summed E-state index contributed by atoms with van der Waals surface area (Å²) in [6, 6.07) is 13.4. The van der Waals surface area contributed by atoms with Crippen LogP contribution in [0.3, 0.4) is 0 Å². The van der Waals surface area contributed by atoms with Crippen LogP contribution in [-0.2, 0) is 27.2 Å². The third-order valence-electron chi connectivity index (χ3n) is 5.98. The van der Waals surface area contributed by atoms with Gasteiger partial charge in [-0.05, 0) is 62.4 Å². The molecule has 9 nitrogen and oxygen atoms in total. The molecule has 0 radical (unpaired) electrons. The van der Waals surface area contributed by atoms with Crippen LogP contribution in [0, 0.1) is 11.3 Å². The number of aromatic hydroxyl groups is 1. The van der Waals surface area contributed by atoms with Crippen LogP contribution in [-0.4, -0.2) is 52.6 Å². The Morgan fingerprint density at radius 2 is 1.64 bits per heavy atom. The standard InChI is InChI=1S/C30H40N4O5/c1-6-8-18-32-27(36)26(23-13-9-21(7-2)10-14-23)34(19-17-31)28(37)25(33-29(38)39-30(3,4)5)20-22-11-15-24(35)16-12-22/h9-16,25-26,35H,6-8,18-20H2,1-5H3,(H,32,36)(H,33,38). The Balaban J connectivity index is 2.50. The number of nitrogens with zero attached hydrogens (tertiary/aromatic N) is 2. The number of phenols is 1. The molecular formula is C30H40N4O5. The molecule has 0 aliphatic carbocycles. The first-order chi connectivity index (χ1) is 18.5. The summed E-state index contributed by atoms with van der Waals surface area (Å²) < 4.78 is 5.39. The monoisotopic (exact) mass is 536 g/mol. The predicted octanol–water partition coefficient (Wildman–Crippen LogP) is 4.40. The van der Waals surface area contributed by atoms with Gasteiger partial charge in [0.1, 0.15) is 30.0 Å². The minimum Gasteiger partial charge on any atom is -0.508 e. The molecule has 0 spiro atoms. The van der Waals surface area contributed by atoms with Crippen molar-refractivity contribution in [3.63, 3.8) is 0 Å². The first-order valence-corrected chi connectivity index (χ1v) is 13.3. The van der Waals surface area contributed by atoms with Crippen LogP contribution in [0.4, 0.5) is 4.79 Å². The highest BCUT2D eigenvalue weighted by Gasteiger charge is 2.36. The number of nitriles is 1. The minimum atomic E-state index is -1.14. The summed E-state index contributed by atoms with van der Waals surface area (Å²) in [7, 11) is 0. The summed E-state index contributed by atoms with van der Waals surface area (Å²) >= 11 is 0. The van der Waals surface area contributed by atoms with E-state index in [-0.39, 0.29) is 18.7 Å². The Kier molecular flexibility index (Phi) is 11.8. The Morgan fingerprint density at radius 3 is 2.18 bits per heavy atom. The van der Waals surface area contributed by atoms with E-state index in [1.807, 2.05) is 32.0 Å². The summed E-state index contributed by atoms with van der Waals surface area (Å²) in [5.74, 6) is -0.949. The fourth-order valence-electron chi connectivity index (χ4n) is 3.98. The highest BCUT2D eigenvalue weighted by atomic mass is 16.6. The van der Waals surface area contributed by atoms with Crippen molar-refractivity contribution in [3.05, 3.63) is 65.2 Å². The first kappa shape index (κ1) is 31.2. The normalized spacial score (nSPS) is 12.5. The van der Waals surface area contributed by atoms with E-state index in [9.17, 15) is 24.8 Å². The summed E-state index contributed by atoms with van der Waals surface area (Å²) in [6.45, 7) is 9.22. The zero-order valence-corrected chi connectivity index (χ0v) is 23.5. The minimum absolute atomic E-state index is 0.0548. The summed E-state index contributed by atoms with van der Waals surface area (Å²) in [6.07, 6.45) is 1.71. The van der Waals surface area contributed by atoms with Crippen LogP contribution >= 0.6 is 0 Å². The third-order valence-corrected chi connectivity index (χ3v) is 5.98. The van der Waals surface area contributed by atoms with Gasteiger partial charge >= 0.3 is 6.09 Å². The van der Waals surface area contributed by atoms with Crippen molar-refractivity contribution in [2.75, 3.05) is 13.1 Å². The zero-order chi connectivity index (χ0) is 29.0. The van der Waals surface area contributed by atoms with Crippen molar-refractivity contribution in [1.29, 1.82) is 5.26 Å². The molecule has 3 amide bonds. The molecule has 0 aliphatic rings. The van der Waals surface area contributed by atoms with E-state index >= 15 is 0 Å². The van der Waals surface area contributed by atoms with Gasteiger partial charge in [0.05, 0.1) is 6.07 Å². The van der Waals surface area contributed by atoms with Crippen LogP contribution in [0.15, 0.2) is 48.5 Å². The van der Waals surface area contributed by atoms with E-state index in [1.54, 1.807) is 45.0 Å². The van der Waals surface area contributed by atoms with Crippen LogP contribution in [0.1, 0.15) is 70.2 Å². The molecule has 0 saturated carbocycles. The quantitative estimate of drug-likeness (QED) is 0.272. The Hall–Kier alpha value is -4.06. The van der Waals surface area contributed by atoms with E-state index in [2.05, 4.69) is 10.6 Å². The average molecular weight is 537 g/mol. The molecule has 2 atom stereocenters. The van der Waals surface area contributed by atoms with Crippen LogP contribution in [0.25, 0.3) is 0 Å². The second kappa shape index (κ2) is 14.8. The van der Waals surface area contributed by atoms with E-state index < -0.39 is 35.6 Å². The number of rotatable bonds is 12. The maximum absolute atomic E-state index is 14.1. The highest BCUT2D eigenvalue weighted by Crippen LogP contribution is 2.24. The molecule has 0 aliphatic heterocycles. The number of aryl methyl sites for hydroxylation is 1. The molecule has 2 aromatic carbocycles. The molecule has 0 heterocycles. The molecule has 2 rings (SSSR count). The van der Waals surface area contributed by atoms with Crippen molar-refractivity contribution in [2.45, 2.75) is 78.0 Å². The number of carbonyl (C=O) groups excluding carboxylic acids is 3.